The Kier molecular flexibility index (Phi) is 5.18. The standard InChI is InChI=1S/C19H16F3NO4/c20-19(21,22)14-7-5-12(6-8-14)11-1-3-13(4-2-11)18(26)27-15-9-16(17(24)25)23-10-15/h1-8,15-16,23H,9-10H2,(H,24,25)/t15-,16-/m0/s1. The van der Waals surface area contributed by atoms with Gasteiger partial charge in [0, 0.05) is 13.0 Å². The minimum Gasteiger partial charge on any atom is -0.480 e. The van der Waals surface area contributed by atoms with Crippen molar-refractivity contribution >= 4 is 11.9 Å². The second-order valence-electron chi connectivity index (χ2n) is 6.21. The first kappa shape index (κ1) is 18.9. The number of hydrogen-bond donors (Lipinski definition) is 2. The van der Waals surface area contributed by atoms with Crippen LogP contribution < -0.4 is 5.32 Å². The average molecular weight is 379 g/mol. The summed E-state index contributed by atoms with van der Waals surface area (Å²) in [5.74, 6) is -1.57. The summed E-state index contributed by atoms with van der Waals surface area (Å²) in [5, 5.41) is 11.7. The molecule has 8 heteroatoms. The number of aliphatic carboxylic acids is 1. The molecule has 0 unspecified atom stereocenters. The first-order valence-electron chi connectivity index (χ1n) is 8.19. The molecule has 2 aromatic carbocycles. The van der Waals surface area contributed by atoms with Gasteiger partial charge in [-0.05, 0) is 35.4 Å². The summed E-state index contributed by atoms with van der Waals surface area (Å²) in [5.41, 5.74) is 0.807. The van der Waals surface area contributed by atoms with Crippen LogP contribution >= 0.6 is 0 Å². The predicted molar refractivity (Wildman–Crippen MR) is 90.1 cm³/mol. The first-order chi connectivity index (χ1) is 12.7. The zero-order valence-corrected chi connectivity index (χ0v) is 14.0. The molecule has 1 heterocycles. The molecule has 142 valence electrons. The predicted octanol–water partition coefficient (Wildman–Crippen LogP) is 3.34. The van der Waals surface area contributed by atoms with Crippen LogP contribution in [0.15, 0.2) is 48.5 Å². The molecule has 2 atom stereocenters. The normalized spacial score (nSPS) is 19.7. The Balaban J connectivity index is 1.65. The van der Waals surface area contributed by atoms with Gasteiger partial charge in [-0.1, -0.05) is 24.3 Å². The van der Waals surface area contributed by atoms with E-state index in [0.29, 0.717) is 11.1 Å². The lowest BCUT2D eigenvalue weighted by Crippen LogP contribution is -2.30. The zero-order valence-electron chi connectivity index (χ0n) is 14.0. The summed E-state index contributed by atoms with van der Waals surface area (Å²) >= 11 is 0. The van der Waals surface area contributed by atoms with Crippen LogP contribution in [0, 0.1) is 0 Å². The van der Waals surface area contributed by atoms with Crippen molar-refractivity contribution in [2.45, 2.75) is 24.7 Å². The summed E-state index contributed by atoms with van der Waals surface area (Å²) in [6.07, 6.45) is -4.71. The third-order valence-corrected chi connectivity index (χ3v) is 4.33. The van der Waals surface area contributed by atoms with Crippen molar-refractivity contribution in [1.29, 1.82) is 0 Å². The maximum absolute atomic E-state index is 12.6. The lowest BCUT2D eigenvalue weighted by Gasteiger charge is -2.11. The fourth-order valence-electron chi connectivity index (χ4n) is 2.85. The highest BCUT2D eigenvalue weighted by Gasteiger charge is 2.32. The number of rotatable bonds is 4. The van der Waals surface area contributed by atoms with Crippen molar-refractivity contribution < 1.29 is 32.6 Å². The van der Waals surface area contributed by atoms with E-state index in [9.17, 15) is 22.8 Å². The summed E-state index contributed by atoms with van der Waals surface area (Å²) in [6, 6.07) is 10.3. The monoisotopic (exact) mass is 379 g/mol. The summed E-state index contributed by atoms with van der Waals surface area (Å²) < 4.78 is 43.1. The molecule has 0 spiro atoms. The molecule has 1 aliphatic heterocycles. The largest absolute Gasteiger partial charge is 0.480 e. The Morgan fingerprint density at radius 1 is 1.00 bits per heavy atom. The SMILES string of the molecule is O=C(O[C@@H]1CN[C@H](C(=O)O)C1)c1ccc(-c2ccc(C(F)(F)F)cc2)cc1. The average Bonchev–Trinajstić information content (AvgIpc) is 3.10. The highest BCUT2D eigenvalue weighted by atomic mass is 19.4. The van der Waals surface area contributed by atoms with Crippen LogP contribution in [0.2, 0.25) is 0 Å². The molecule has 1 fully saturated rings. The number of halogens is 3. The number of carboxylic acids is 1. The van der Waals surface area contributed by atoms with E-state index in [1.54, 1.807) is 12.1 Å². The van der Waals surface area contributed by atoms with Gasteiger partial charge in [-0.2, -0.15) is 13.2 Å². The smallest absolute Gasteiger partial charge is 0.416 e. The molecule has 0 saturated carbocycles. The van der Waals surface area contributed by atoms with Crippen LogP contribution in [0.1, 0.15) is 22.3 Å². The molecule has 0 aromatic heterocycles. The van der Waals surface area contributed by atoms with Crippen molar-refractivity contribution in [2.24, 2.45) is 0 Å². The van der Waals surface area contributed by atoms with Crippen molar-refractivity contribution in [3.05, 3.63) is 59.7 Å². The van der Waals surface area contributed by atoms with Crippen molar-refractivity contribution in [3.8, 4) is 11.1 Å². The van der Waals surface area contributed by atoms with Gasteiger partial charge < -0.3 is 15.2 Å². The molecule has 27 heavy (non-hydrogen) atoms. The number of esters is 1. The number of carboxylic acid groups (broad SMARTS) is 1. The van der Waals surface area contributed by atoms with E-state index >= 15 is 0 Å². The summed E-state index contributed by atoms with van der Waals surface area (Å²) in [7, 11) is 0. The fraction of sp³-hybridized carbons (Fsp3) is 0.263. The van der Waals surface area contributed by atoms with Crippen LogP contribution in [-0.4, -0.2) is 35.7 Å². The maximum atomic E-state index is 12.6. The second kappa shape index (κ2) is 7.40. The number of hydrogen-bond acceptors (Lipinski definition) is 4. The second-order valence-corrected chi connectivity index (χ2v) is 6.21. The highest BCUT2D eigenvalue weighted by molar-refractivity contribution is 5.90. The van der Waals surface area contributed by atoms with Gasteiger partial charge in [0.2, 0.25) is 0 Å². The number of nitrogens with one attached hydrogen (secondary N) is 1. The molecule has 1 saturated heterocycles. The molecular formula is C19H16F3NO4. The Morgan fingerprint density at radius 2 is 1.56 bits per heavy atom. The van der Waals surface area contributed by atoms with Crippen molar-refractivity contribution in [2.75, 3.05) is 6.54 Å². The van der Waals surface area contributed by atoms with Gasteiger partial charge >= 0.3 is 18.1 Å². The van der Waals surface area contributed by atoms with Gasteiger partial charge in [-0.15, -0.1) is 0 Å². The van der Waals surface area contributed by atoms with Gasteiger partial charge in [0.25, 0.3) is 0 Å². The van der Waals surface area contributed by atoms with Crippen LogP contribution in [-0.2, 0) is 15.7 Å². The number of benzene rings is 2. The molecule has 0 radical (unpaired) electrons. The Bertz CT molecular complexity index is 832. The van der Waals surface area contributed by atoms with E-state index in [-0.39, 0.29) is 18.5 Å². The van der Waals surface area contributed by atoms with Crippen LogP contribution in [0.25, 0.3) is 11.1 Å². The Labute approximate surface area is 152 Å². The summed E-state index contributed by atoms with van der Waals surface area (Å²) in [4.78, 5) is 23.0. The highest BCUT2D eigenvalue weighted by Crippen LogP contribution is 2.31. The molecule has 2 aromatic rings. The lowest BCUT2D eigenvalue weighted by atomic mass is 10.0. The molecule has 2 N–H and O–H groups in total. The van der Waals surface area contributed by atoms with Gasteiger partial charge in [0.1, 0.15) is 12.1 Å². The number of carbonyl (C=O) groups excluding carboxylic acids is 1. The van der Waals surface area contributed by atoms with Gasteiger partial charge in [-0.25, -0.2) is 4.79 Å². The van der Waals surface area contributed by atoms with Crippen LogP contribution in [0.4, 0.5) is 13.2 Å². The lowest BCUT2D eigenvalue weighted by molar-refractivity contribution is -0.139. The van der Waals surface area contributed by atoms with E-state index in [2.05, 4.69) is 5.32 Å². The topological polar surface area (TPSA) is 75.6 Å². The van der Waals surface area contributed by atoms with Crippen LogP contribution in [0.3, 0.4) is 0 Å². The van der Waals surface area contributed by atoms with E-state index in [1.807, 2.05) is 0 Å². The minimum absolute atomic E-state index is 0.199. The van der Waals surface area contributed by atoms with E-state index in [4.69, 9.17) is 9.84 Å². The minimum atomic E-state index is -4.39. The zero-order chi connectivity index (χ0) is 19.6. The van der Waals surface area contributed by atoms with E-state index in [1.165, 1.54) is 24.3 Å². The molecule has 0 aliphatic carbocycles. The molecular weight excluding hydrogens is 363 g/mol. The van der Waals surface area contributed by atoms with Gasteiger partial charge in [0.15, 0.2) is 0 Å². The molecule has 1 aliphatic rings. The quantitative estimate of drug-likeness (QED) is 0.797. The third-order valence-electron chi connectivity index (χ3n) is 4.33. The Morgan fingerprint density at radius 3 is 2.04 bits per heavy atom. The molecule has 0 amide bonds. The number of carbonyl (C=O) groups is 2. The molecule has 0 bridgehead atoms. The van der Waals surface area contributed by atoms with Gasteiger partial charge in [-0.3, -0.25) is 4.79 Å². The number of alkyl halides is 3. The molecule has 3 rings (SSSR count). The Hall–Kier alpha value is -2.87. The van der Waals surface area contributed by atoms with E-state index < -0.39 is 35.8 Å². The first-order valence-corrected chi connectivity index (χ1v) is 8.19. The van der Waals surface area contributed by atoms with Crippen LogP contribution in [0.5, 0.6) is 0 Å². The number of ether oxygens (including phenoxy) is 1. The summed E-state index contributed by atoms with van der Waals surface area (Å²) in [6.45, 7) is 0.270. The van der Waals surface area contributed by atoms with E-state index in [0.717, 1.165) is 12.1 Å². The third kappa shape index (κ3) is 4.46. The maximum Gasteiger partial charge on any atom is 0.416 e. The van der Waals surface area contributed by atoms with Crippen molar-refractivity contribution in [1.82, 2.24) is 5.32 Å². The fourth-order valence-corrected chi connectivity index (χ4v) is 2.85. The van der Waals surface area contributed by atoms with Crippen molar-refractivity contribution in [3.63, 3.8) is 0 Å². The van der Waals surface area contributed by atoms with Gasteiger partial charge in [0.05, 0.1) is 11.1 Å². The molecule has 5 nitrogen and oxygen atoms in total.